The van der Waals surface area contributed by atoms with Crippen LogP contribution in [-0.4, -0.2) is 89.2 Å². The summed E-state index contributed by atoms with van der Waals surface area (Å²) >= 11 is 6.25. The van der Waals surface area contributed by atoms with Crippen LogP contribution in [-0.2, 0) is 52.4 Å². The van der Waals surface area contributed by atoms with Crippen molar-refractivity contribution in [2.45, 2.75) is 103 Å². The third-order valence-corrected chi connectivity index (χ3v) is 9.51. The molecule has 0 bridgehead atoms. The van der Waals surface area contributed by atoms with E-state index in [1.54, 1.807) is 19.1 Å². The van der Waals surface area contributed by atoms with Crippen molar-refractivity contribution in [3.8, 4) is 0 Å². The van der Waals surface area contributed by atoms with Crippen molar-refractivity contribution in [1.29, 1.82) is 0 Å². The lowest BCUT2D eigenvalue weighted by Gasteiger charge is -2.57. The first-order valence-electron chi connectivity index (χ1n) is 14.7. The van der Waals surface area contributed by atoms with Crippen molar-refractivity contribution in [1.82, 2.24) is 0 Å². The van der Waals surface area contributed by atoms with Crippen molar-refractivity contribution in [2.75, 3.05) is 12.5 Å². The van der Waals surface area contributed by atoms with Crippen molar-refractivity contribution < 1.29 is 57.5 Å². The first-order valence-corrected chi connectivity index (χ1v) is 15.3. The third kappa shape index (κ3) is 6.00. The number of halogens is 1. The van der Waals surface area contributed by atoms with Crippen LogP contribution in [0.2, 0.25) is 0 Å². The molecule has 0 amide bonds. The summed E-state index contributed by atoms with van der Waals surface area (Å²) in [6.45, 7) is 10.4. The van der Waals surface area contributed by atoms with Crippen molar-refractivity contribution in [3.63, 3.8) is 0 Å². The molecule has 12 nitrogen and oxygen atoms in total. The zero-order valence-corrected chi connectivity index (χ0v) is 26.8. The summed E-state index contributed by atoms with van der Waals surface area (Å²) in [5.74, 6) is -5.95. The zero-order chi connectivity index (χ0) is 32.8. The van der Waals surface area contributed by atoms with Crippen molar-refractivity contribution in [2.24, 2.45) is 23.2 Å². The summed E-state index contributed by atoms with van der Waals surface area (Å²) in [6, 6.07) is 0. The molecule has 4 rings (SSSR count). The predicted octanol–water partition coefficient (Wildman–Crippen LogP) is 2.56. The highest BCUT2D eigenvalue weighted by Crippen LogP contribution is 2.62. The van der Waals surface area contributed by atoms with Crippen LogP contribution in [0.25, 0.3) is 0 Å². The lowest BCUT2D eigenvalue weighted by Crippen LogP contribution is -2.71. The molecule has 0 aromatic rings. The molecule has 2 aliphatic carbocycles. The predicted molar refractivity (Wildman–Crippen MR) is 153 cm³/mol. The highest BCUT2D eigenvalue weighted by atomic mass is 35.5. The van der Waals surface area contributed by atoms with Gasteiger partial charge in [-0.1, -0.05) is 26.8 Å². The minimum Gasteiger partial charge on any atom is -0.461 e. The van der Waals surface area contributed by atoms with Crippen LogP contribution in [0.1, 0.15) is 61.3 Å². The number of aliphatic hydroxyl groups is 1. The molecule has 2 aliphatic heterocycles. The third-order valence-electron chi connectivity index (χ3n) is 9.21. The molecular formula is C31H41ClO12. The van der Waals surface area contributed by atoms with Crippen molar-refractivity contribution in [3.05, 3.63) is 23.8 Å². The van der Waals surface area contributed by atoms with Gasteiger partial charge in [0, 0.05) is 45.4 Å². The zero-order valence-electron chi connectivity index (χ0n) is 26.0. The quantitative estimate of drug-likeness (QED) is 0.187. The number of fused-ring (bicyclic) bond motifs is 3. The van der Waals surface area contributed by atoms with Gasteiger partial charge in [-0.3, -0.25) is 24.0 Å². The molecule has 3 fully saturated rings. The Kier molecular flexibility index (Phi) is 9.59. The molecule has 0 aromatic heterocycles. The van der Waals surface area contributed by atoms with E-state index in [2.05, 4.69) is 0 Å². The summed E-state index contributed by atoms with van der Waals surface area (Å²) in [6.07, 6.45) is -1.61. The number of hydrogen-bond acceptors (Lipinski definition) is 12. The van der Waals surface area contributed by atoms with Gasteiger partial charge in [0.2, 0.25) is 0 Å². The number of hydrogen-bond donors (Lipinski definition) is 1. The maximum Gasteiger partial charge on any atom is 0.312 e. The van der Waals surface area contributed by atoms with Crippen LogP contribution in [0.5, 0.6) is 0 Å². The Morgan fingerprint density at radius 1 is 1.05 bits per heavy atom. The van der Waals surface area contributed by atoms with Gasteiger partial charge in [-0.25, -0.2) is 0 Å². The molecule has 1 N–H and O–H groups in total. The minimum absolute atomic E-state index is 0.00116. The van der Waals surface area contributed by atoms with E-state index in [9.17, 15) is 29.1 Å². The lowest BCUT2D eigenvalue weighted by atomic mass is 9.52. The van der Waals surface area contributed by atoms with Crippen LogP contribution in [0.15, 0.2) is 23.8 Å². The van der Waals surface area contributed by atoms with Crippen LogP contribution in [0.3, 0.4) is 0 Å². The fourth-order valence-electron chi connectivity index (χ4n) is 7.07. The highest BCUT2D eigenvalue weighted by molar-refractivity contribution is 6.19. The number of allylic oxidation sites excluding steroid dienone is 2. The van der Waals surface area contributed by atoms with Gasteiger partial charge in [0.05, 0.1) is 17.9 Å². The second-order valence-corrected chi connectivity index (χ2v) is 13.0. The molecular weight excluding hydrogens is 600 g/mol. The van der Waals surface area contributed by atoms with Crippen LogP contribution < -0.4 is 0 Å². The van der Waals surface area contributed by atoms with Gasteiger partial charge in [-0.05, 0) is 30.6 Å². The number of alkyl halides is 1. The smallest absolute Gasteiger partial charge is 0.312 e. The summed E-state index contributed by atoms with van der Waals surface area (Å²) in [4.78, 5) is 64.1. The molecule has 4 aliphatic rings. The Labute approximate surface area is 261 Å². The van der Waals surface area contributed by atoms with E-state index in [0.717, 1.165) is 6.92 Å². The van der Waals surface area contributed by atoms with Gasteiger partial charge in [0.25, 0.3) is 0 Å². The molecule has 0 radical (unpaired) electrons. The van der Waals surface area contributed by atoms with Crippen molar-refractivity contribution >= 4 is 41.4 Å². The van der Waals surface area contributed by atoms with Gasteiger partial charge >= 0.3 is 29.8 Å². The lowest BCUT2D eigenvalue weighted by molar-refractivity contribution is -0.252. The Hall–Kier alpha value is -2.96. The molecule has 2 saturated heterocycles. The maximum absolute atomic E-state index is 13.2. The van der Waals surface area contributed by atoms with E-state index in [1.165, 1.54) is 26.8 Å². The summed E-state index contributed by atoms with van der Waals surface area (Å²) < 4.78 is 35.4. The fourth-order valence-corrected chi connectivity index (χ4v) is 7.25. The number of carbonyl (C=O) groups is 5. The second kappa shape index (κ2) is 12.4. The number of rotatable bonds is 7. The van der Waals surface area contributed by atoms with E-state index >= 15 is 0 Å². The normalized spacial score (nSPS) is 41.3. The number of epoxide rings is 1. The van der Waals surface area contributed by atoms with Gasteiger partial charge in [0.1, 0.15) is 30.0 Å². The summed E-state index contributed by atoms with van der Waals surface area (Å²) in [7, 11) is 0. The molecule has 13 heteroatoms. The Morgan fingerprint density at radius 3 is 2.18 bits per heavy atom. The molecule has 2 heterocycles. The van der Waals surface area contributed by atoms with E-state index in [0.29, 0.717) is 5.57 Å². The van der Waals surface area contributed by atoms with Gasteiger partial charge in [-0.2, -0.15) is 0 Å². The largest absolute Gasteiger partial charge is 0.461 e. The molecule has 244 valence electrons. The molecule has 0 unspecified atom stereocenters. The first-order chi connectivity index (χ1) is 20.5. The molecule has 1 spiro atoms. The Bertz CT molecular complexity index is 1250. The van der Waals surface area contributed by atoms with Crippen LogP contribution in [0, 0.1) is 23.2 Å². The number of esters is 5. The van der Waals surface area contributed by atoms with Gasteiger partial charge in [0.15, 0.2) is 11.7 Å². The van der Waals surface area contributed by atoms with Gasteiger partial charge < -0.3 is 33.5 Å². The summed E-state index contributed by atoms with van der Waals surface area (Å²) in [5, 5.41) is 12.6. The Balaban J connectivity index is 2.07. The average molecular weight is 641 g/mol. The first kappa shape index (κ1) is 33.9. The monoisotopic (exact) mass is 640 g/mol. The molecule has 44 heavy (non-hydrogen) atoms. The minimum atomic E-state index is -2.21. The van der Waals surface area contributed by atoms with E-state index in [-0.39, 0.29) is 31.2 Å². The maximum atomic E-state index is 13.2. The van der Waals surface area contributed by atoms with Crippen LogP contribution >= 0.6 is 11.6 Å². The van der Waals surface area contributed by atoms with Crippen LogP contribution in [0.4, 0.5) is 0 Å². The second-order valence-electron chi connectivity index (χ2n) is 12.8. The number of carbonyl (C=O) groups excluding carboxylic acids is 5. The summed E-state index contributed by atoms with van der Waals surface area (Å²) in [5.41, 5.74) is -4.68. The van der Waals surface area contributed by atoms with E-state index in [4.69, 9.17) is 40.0 Å². The average Bonchev–Trinajstić information content (AvgIpc) is 3.66. The molecule has 10 atom stereocenters. The standard InChI is InChI=1S/C31H41ClO12/c1-15(2)10-25(36)43-22-12-23(41-18(5)34)30(14-39-30)26-27(42-19(6)35)31(38)16(3)28(37)44-24(31)11-20(13-32)8-9-21(29(22,26)7)40-17(4)33/h8-9,11,15-16,21-24,26-27,38H,10,12-14H2,1-7H3/b9-8-,20-11+/t16-,21-,22-,23+,24-,26+,27-,29-,30+,31-/m0/s1. The van der Waals surface area contributed by atoms with Gasteiger partial charge in [-0.15, -0.1) is 11.6 Å². The molecule has 1 saturated carbocycles. The van der Waals surface area contributed by atoms with E-state index < -0.39 is 88.8 Å². The molecule has 0 aromatic carbocycles. The topological polar surface area (TPSA) is 164 Å². The SMILES string of the molecule is CC(=O)O[C@H]1/C=C\C(CCl)=C/[C@@H]2OC(=O)[C@H](C)[C@@]2(O)[C@@H](OC(C)=O)[C@H]2[C@@]3(CO3)[C@H](OC(C)=O)C[C@H](OC(=O)CC(C)C)[C@]12C. The highest BCUT2D eigenvalue weighted by Gasteiger charge is 2.78. The fraction of sp³-hybridized carbons (Fsp3) is 0.710. The van der Waals surface area contributed by atoms with E-state index in [1.807, 2.05) is 13.8 Å². The number of ether oxygens (including phenoxy) is 6. The Morgan fingerprint density at radius 2 is 1.66 bits per heavy atom.